The lowest BCUT2D eigenvalue weighted by Gasteiger charge is -2.17. The number of methoxy groups -OCH3 is 1. The van der Waals surface area contributed by atoms with E-state index in [1.165, 1.54) is 29.4 Å². The Morgan fingerprint density at radius 3 is 1.36 bits per heavy atom. The van der Waals surface area contributed by atoms with E-state index in [2.05, 4.69) is 102 Å². The molecule has 0 radical (unpaired) electrons. The molecule has 12 nitrogen and oxygen atoms in total. The van der Waals surface area contributed by atoms with E-state index in [-0.39, 0.29) is 41.7 Å². The lowest BCUT2D eigenvalue weighted by molar-refractivity contribution is -0.143. The van der Waals surface area contributed by atoms with Crippen molar-refractivity contribution in [1.29, 1.82) is 0 Å². The van der Waals surface area contributed by atoms with E-state index in [0.717, 1.165) is 89.2 Å². The molecule has 7 aromatic rings. The zero-order chi connectivity index (χ0) is 52.4. The van der Waals surface area contributed by atoms with Crippen molar-refractivity contribution in [3.63, 3.8) is 0 Å². The van der Waals surface area contributed by atoms with Crippen LogP contribution < -0.4 is 26.3 Å². The van der Waals surface area contributed by atoms with Gasteiger partial charge in [0.2, 0.25) is 0 Å². The molecule has 0 aliphatic rings. The molecule has 0 aliphatic heterocycles. The summed E-state index contributed by atoms with van der Waals surface area (Å²) in [5, 5.41) is 22.7. The molecule has 13 heteroatoms. The number of carbonyl (C=O) groups excluding carboxylic acids is 2. The van der Waals surface area contributed by atoms with Gasteiger partial charge in [-0.3, -0.25) is 35.4 Å². The number of hydrogen-bond acceptors (Lipinski definition) is 10. The third kappa shape index (κ3) is 18.1. The average Bonchev–Trinajstić information content (AvgIpc) is 3.80. The van der Waals surface area contributed by atoms with E-state index in [1.54, 1.807) is 41.9 Å². The fourth-order valence-electron chi connectivity index (χ4n) is 8.02. The number of allylic oxidation sites excluding steroid dienone is 2. The predicted molar refractivity (Wildman–Crippen MR) is 300 cm³/mol. The number of ether oxygens (including phenoxy) is 3. The summed E-state index contributed by atoms with van der Waals surface area (Å²) in [6, 6.07) is 53.6. The number of nitrogens with one attached hydrogen (secondary N) is 2. The number of esters is 1. The first-order valence-electron chi connectivity index (χ1n) is 24.9. The summed E-state index contributed by atoms with van der Waals surface area (Å²) in [6.07, 6.45) is 4.47. The van der Waals surface area contributed by atoms with Crippen molar-refractivity contribution >= 4 is 46.5 Å². The fraction of sp³-hybridized carbons (Fsp3) is 0.262. The number of nitrogens with two attached hydrogens (primary N) is 1. The first-order chi connectivity index (χ1) is 35.5. The van der Waals surface area contributed by atoms with Gasteiger partial charge in [-0.1, -0.05) is 137 Å². The number of halogens is 1. The van der Waals surface area contributed by atoms with Gasteiger partial charge in [0.1, 0.15) is 35.2 Å². The molecule has 1 aromatic heterocycles. The van der Waals surface area contributed by atoms with E-state index in [9.17, 15) is 24.6 Å². The van der Waals surface area contributed by atoms with Crippen LogP contribution in [-0.4, -0.2) is 58.6 Å². The maximum atomic E-state index is 12.0. The maximum absolute atomic E-state index is 12.0. The van der Waals surface area contributed by atoms with Crippen LogP contribution in [0.3, 0.4) is 0 Å². The van der Waals surface area contributed by atoms with E-state index >= 15 is 0 Å². The summed E-state index contributed by atoms with van der Waals surface area (Å²) in [4.78, 5) is 32.8. The summed E-state index contributed by atoms with van der Waals surface area (Å²) in [5.74, 6) is 6.91. The third-order valence-corrected chi connectivity index (χ3v) is 11.9. The Bertz CT molecular complexity index is 2860. The molecule has 6 aromatic carbocycles. The molecule has 0 spiro atoms. The summed E-state index contributed by atoms with van der Waals surface area (Å²) in [7, 11) is 1.27. The third-order valence-electron chi connectivity index (χ3n) is 11.9. The number of phenolic OH excluding ortho intramolecular Hbond substituents is 2. The van der Waals surface area contributed by atoms with Crippen LogP contribution in [0.1, 0.15) is 105 Å². The average molecular weight is 1020 g/mol. The molecule has 0 bridgehead atoms. The van der Waals surface area contributed by atoms with Gasteiger partial charge in [-0.05, 0) is 130 Å². The number of nitrogens with zero attached hydrogens (tertiary/aromatic N) is 1. The van der Waals surface area contributed by atoms with Crippen LogP contribution in [0.5, 0.6) is 23.0 Å². The van der Waals surface area contributed by atoms with Crippen molar-refractivity contribution in [2.24, 2.45) is 5.84 Å². The van der Waals surface area contributed by atoms with Gasteiger partial charge < -0.3 is 24.4 Å². The molecule has 0 aliphatic carbocycles. The number of rotatable bonds is 22. The van der Waals surface area contributed by atoms with E-state index in [0.29, 0.717) is 26.2 Å². The van der Waals surface area contributed by atoms with Crippen LogP contribution in [-0.2, 0) is 27.3 Å². The highest BCUT2D eigenvalue weighted by Crippen LogP contribution is 2.37. The normalized spacial score (nSPS) is 11.3. The minimum Gasteiger partial charge on any atom is -0.508 e. The molecule has 74 heavy (non-hydrogen) atoms. The number of Topliss-reactive ketones (excluding diaryl/α,β-unsaturated/α-hetero) is 1. The molecule has 7 rings (SSSR count). The van der Waals surface area contributed by atoms with Gasteiger partial charge in [0.25, 0.3) is 5.56 Å². The predicted octanol–water partition coefficient (Wildman–Crippen LogP) is 12.2. The van der Waals surface area contributed by atoms with Gasteiger partial charge in [0, 0.05) is 37.7 Å². The standard InChI is InChI=1S/C30H32N2O3.C25H28N2O2.C6H10O3.ClH/c1-3-25-21-29(34)32(31-25)19-8-20-35-27-17-13-24(14-18-27)30(23-11-15-26(33)16-12-23)28(4-2)22-9-6-5-7-10-22;1-2-24(19-7-4-3-5-8-19)25(20-9-13-22(28)14-10-20)21-11-15-23(16-12-21)29-18-6-17-27-26;1-3-5(7)4-6(8)9-2;/h5-7,9-18,21,31,33H,3-4,8,19-20H2,1-2H3;3-5,7-16,27-28H,2,6,17-18,26H2,1H3;3-4H2,1-2H3;1H/b30-28-;25-24-;;. The fourth-order valence-corrected chi connectivity index (χ4v) is 8.02. The number of aryl methyl sites for hydroxylation is 2. The molecule has 0 saturated heterocycles. The number of ketones is 1. The number of aromatic nitrogens is 2. The zero-order valence-electron chi connectivity index (χ0n) is 43.1. The number of aromatic hydroxyl groups is 2. The number of aromatic amines is 1. The Balaban J connectivity index is 0.000000275. The molecule has 0 atom stereocenters. The van der Waals surface area contributed by atoms with Gasteiger partial charge in [-0.25, -0.2) is 0 Å². The molecule has 0 fully saturated rings. The number of carbonyl (C=O) groups is 2. The topological polar surface area (TPSA) is 178 Å². The Kier molecular flexibility index (Phi) is 25.3. The van der Waals surface area contributed by atoms with Gasteiger partial charge >= 0.3 is 5.97 Å². The first-order valence-corrected chi connectivity index (χ1v) is 24.9. The van der Waals surface area contributed by atoms with Crippen LogP contribution >= 0.6 is 12.4 Å². The van der Waals surface area contributed by atoms with Crippen molar-refractivity contribution in [3.05, 3.63) is 213 Å². The molecule has 6 N–H and O–H groups in total. The Morgan fingerprint density at radius 1 is 0.581 bits per heavy atom. The molecule has 1 heterocycles. The minimum atomic E-state index is -0.457. The largest absolute Gasteiger partial charge is 0.508 e. The number of benzene rings is 6. The molecule has 0 saturated carbocycles. The Hall–Kier alpha value is -7.64. The van der Waals surface area contributed by atoms with Crippen LogP contribution in [0.15, 0.2) is 169 Å². The van der Waals surface area contributed by atoms with Crippen molar-refractivity contribution in [2.45, 2.75) is 79.2 Å². The monoisotopic (exact) mass is 1020 g/mol. The number of hydrogen-bond donors (Lipinski definition) is 5. The second-order valence-corrected chi connectivity index (χ2v) is 16.9. The Labute approximate surface area is 441 Å². The summed E-state index contributed by atoms with van der Waals surface area (Å²) in [6.45, 7) is 10.5. The molecule has 0 unspecified atom stereocenters. The highest BCUT2D eigenvalue weighted by molar-refractivity contribution is 6.00. The number of phenols is 2. The van der Waals surface area contributed by atoms with Crippen LogP contribution in [0, 0.1) is 0 Å². The van der Waals surface area contributed by atoms with E-state index < -0.39 is 5.97 Å². The smallest absolute Gasteiger partial charge is 0.313 e. The highest BCUT2D eigenvalue weighted by Gasteiger charge is 2.15. The minimum absolute atomic E-state index is 0. The van der Waals surface area contributed by atoms with Gasteiger partial charge in [-0.2, -0.15) is 0 Å². The second-order valence-electron chi connectivity index (χ2n) is 16.9. The number of H-pyrrole nitrogens is 1. The summed E-state index contributed by atoms with van der Waals surface area (Å²) < 4.78 is 17.6. The summed E-state index contributed by atoms with van der Waals surface area (Å²) >= 11 is 0. The van der Waals surface area contributed by atoms with Crippen molar-refractivity contribution in [2.75, 3.05) is 26.9 Å². The molecular formula is C61H71ClN4O8. The van der Waals surface area contributed by atoms with Gasteiger partial charge in [-0.15, -0.1) is 12.4 Å². The molecule has 0 amide bonds. The highest BCUT2D eigenvalue weighted by atomic mass is 35.5. The van der Waals surface area contributed by atoms with Crippen molar-refractivity contribution in [3.8, 4) is 23.0 Å². The van der Waals surface area contributed by atoms with Crippen LogP contribution in [0.4, 0.5) is 0 Å². The lowest BCUT2D eigenvalue weighted by Crippen LogP contribution is -2.24. The van der Waals surface area contributed by atoms with Gasteiger partial charge in [0.15, 0.2) is 0 Å². The van der Waals surface area contributed by atoms with Crippen LogP contribution in [0.25, 0.3) is 22.3 Å². The number of hydrazine groups is 1. The van der Waals surface area contributed by atoms with Crippen LogP contribution in [0.2, 0.25) is 0 Å². The maximum Gasteiger partial charge on any atom is 0.313 e. The quantitative estimate of drug-likeness (QED) is 0.0110. The molecular weight excluding hydrogens is 952 g/mol. The van der Waals surface area contributed by atoms with Crippen molar-refractivity contribution in [1.82, 2.24) is 15.2 Å². The summed E-state index contributed by atoms with van der Waals surface area (Å²) in [5.41, 5.74) is 15.1. The second kappa shape index (κ2) is 31.7. The van der Waals surface area contributed by atoms with Crippen molar-refractivity contribution < 1.29 is 34.0 Å². The Morgan fingerprint density at radius 2 is 1.00 bits per heavy atom. The van der Waals surface area contributed by atoms with E-state index in [1.807, 2.05) is 67.6 Å². The van der Waals surface area contributed by atoms with Gasteiger partial charge in [0.05, 0.1) is 20.3 Å². The SMILES string of the molecule is CC/C(=C(\c1ccc(O)cc1)c1ccc(OCCCNN)cc1)c1ccccc1.CC/C(=C(\c1ccc(O)cc1)c1ccc(OCCCn2[nH]c(CC)cc2=O)cc1)c1ccccc1.CCC(=O)CC(=O)OC.Cl. The molecule has 390 valence electrons. The first kappa shape index (κ1) is 58.9. The zero-order valence-corrected chi connectivity index (χ0v) is 44.0. The van der Waals surface area contributed by atoms with E-state index in [4.69, 9.17) is 15.3 Å². The lowest BCUT2D eigenvalue weighted by atomic mass is 9.88.